The third-order valence-electron chi connectivity index (χ3n) is 2.22. The highest BCUT2D eigenvalue weighted by Crippen LogP contribution is 2.23. The third kappa shape index (κ3) is 3.27. The molecule has 0 radical (unpaired) electrons. The summed E-state index contributed by atoms with van der Waals surface area (Å²) in [6.45, 7) is 8.98. The number of nitrogens with two attached hydrogens (primary N) is 1. The van der Waals surface area contributed by atoms with Crippen molar-refractivity contribution < 1.29 is 0 Å². The fraction of sp³-hybridized carbons (Fsp3) is 0.250. The molecule has 1 atom stereocenters. The van der Waals surface area contributed by atoms with Gasteiger partial charge in [0.1, 0.15) is 0 Å². The largest absolute Gasteiger partial charge is 0.392 e. The van der Waals surface area contributed by atoms with Gasteiger partial charge < -0.3 is 5.73 Å². The molecule has 0 amide bonds. The summed E-state index contributed by atoms with van der Waals surface area (Å²) in [5.74, 6) is 0. The van der Waals surface area contributed by atoms with E-state index >= 15 is 0 Å². The zero-order chi connectivity index (χ0) is 12.0. The number of nitrogens with zero attached hydrogens (tertiary/aromatic N) is 1. The van der Waals surface area contributed by atoms with E-state index in [1.54, 1.807) is 11.3 Å². The molecular formula is C12H16N2S2. The van der Waals surface area contributed by atoms with E-state index < -0.39 is 0 Å². The van der Waals surface area contributed by atoms with E-state index in [1.807, 2.05) is 23.6 Å². The van der Waals surface area contributed by atoms with E-state index in [1.165, 1.54) is 0 Å². The third-order valence-corrected chi connectivity index (χ3v) is 3.15. The standard InChI is InChI=1S/C12H16N2S2/c1-3-6-14(7-4-2)11(12(13)15)10-5-8-16-9-10/h3-5,8-9,11H,1-2,6-7H2,(H2,13,15). The van der Waals surface area contributed by atoms with Crippen LogP contribution in [0.25, 0.3) is 0 Å². The van der Waals surface area contributed by atoms with E-state index in [2.05, 4.69) is 23.4 Å². The van der Waals surface area contributed by atoms with Crippen molar-refractivity contribution in [3.05, 3.63) is 47.7 Å². The Bertz CT molecular complexity index is 347. The minimum absolute atomic E-state index is 0.0303. The minimum Gasteiger partial charge on any atom is -0.392 e. The smallest absolute Gasteiger partial charge is 0.0948 e. The Hall–Kier alpha value is -0.970. The molecule has 2 N–H and O–H groups in total. The van der Waals surface area contributed by atoms with Crippen LogP contribution in [0.4, 0.5) is 0 Å². The Morgan fingerprint density at radius 1 is 1.50 bits per heavy atom. The van der Waals surface area contributed by atoms with E-state index in [-0.39, 0.29) is 6.04 Å². The summed E-state index contributed by atoms with van der Waals surface area (Å²) in [4.78, 5) is 2.63. The molecule has 1 aromatic heterocycles. The van der Waals surface area contributed by atoms with Crippen molar-refractivity contribution in [2.24, 2.45) is 5.73 Å². The first-order chi connectivity index (χ1) is 7.70. The molecule has 0 aliphatic carbocycles. The normalized spacial score (nSPS) is 12.3. The fourth-order valence-corrected chi connectivity index (χ4v) is 2.57. The molecule has 0 saturated heterocycles. The van der Waals surface area contributed by atoms with Crippen LogP contribution in [0.1, 0.15) is 11.6 Å². The van der Waals surface area contributed by atoms with Crippen LogP contribution in [0, 0.1) is 0 Å². The molecule has 0 saturated carbocycles. The molecule has 0 bridgehead atoms. The average Bonchev–Trinajstić information content (AvgIpc) is 2.71. The van der Waals surface area contributed by atoms with Crippen LogP contribution in [-0.2, 0) is 0 Å². The molecular weight excluding hydrogens is 236 g/mol. The lowest BCUT2D eigenvalue weighted by atomic mass is 10.1. The van der Waals surface area contributed by atoms with E-state index in [0.717, 1.165) is 18.7 Å². The minimum atomic E-state index is -0.0303. The van der Waals surface area contributed by atoms with E-state index in [0.29, 0.717) is 4.99 Å². The van der Waals surface area contributed by atoms with Gasteiger partial charge in [0, 0.05) is 13.1 Å². The lowest BCUT2D eigenvalue weighted by Gasteiger charge is -2.28. The molecule has 1 rings (SSSR count). The lowest BCUT2D eigenvalue weighted by molar-refractivity contribution is 0.302. The predicted octanol–water partition coefficient (Wildman–Crippen LogP) is 2.75. The SMILES string of the molecule is C=CCN(CC=C)C(C(N)=S)c1ccsc1. The summed E-state index contributed by atoms with van der Waals surface area (Å²) in [5.41, 5.74) is 6.96. The molecule has 1 unspecified atom stereocenters. The topological polar surface area (TPSA) is 29.3 Å². The summed E-state index contributed by atoms with van der Waals surface area (Å²) in [6.07, 6.45) is 3.70. The predicted molar refractivity (Wildman–Crippen MR) is 75.8 cm³/mol. The Morgan fingerprint density at radius 3 is 2.50 bits per heavy atom. The van der Waals surface area contributed by atoms with Crippen molar-refractivity contribution in [3.63, 3.8) is 0 Å². The van der Waals surface area contributed by atoms with Crippen molar-refractivity contribution in [2.75, 3.05) is 13.1 Å². The summed E-state index contributed by atoms with van der Waals surface area (Å²) in [7, 11) is 0. The molecule has 4 heteroatoms. The second kappa shape index (κ2) is 6.58. The van der Waals surface area contributed by atoms with E-state index in [9.17, 15) is 0 Å². The van der Waals surface area contributed by atoms with Gasteiger partial charge in [-0.15, -0.1) is 13.2 Å². The fourth-order valence-electron chi connectivity index (χ4n) is 1.60. The number of thiocarbonyl (C=S) groups is 1. The Balaban J connectivity index is 2.94. The summed E-state index contributed by atoms with van der Waals surface area (Å²) in [5, 5.41) is 4.10. The maximum Gasteiger partial charge on any atom is 0.0948 e. The van der Waals surface area contributed by atoms with Crippen LogP contribution in [0.3, 0.4) is 0 Å². The van der Waals surface area contributed by atoms with Gasteiger partial charge in [-0.1, -0.05) is 24.4 Å². The van der Waals surface area contributed by atoms with Gasteiger partial charge >= 0.3 is 0 Å². The molecule has 0 fully saturated rings. The quantitative estimate of drug-likeness (QED) is 0.597. The van der Waals surface area contributed by atoms with Gasteiger partial charge in [-0.25, -0.2) is 0 Å². The van der Waals surface area contributed by atoms with Gasteiger partial charge in [0.05, 0.1) is 11.0 Å². The molecule has 16 heavy (non-hydrogen) atoms. The Kier molecular flexibility index (Phi) is 5.38. The van der Waals surface area contributed by atoms with Gasteiger partial charge in [-0.3, -0.25) is 4.90 Å². The van der Waals surface area contributed by atoms with Gasteiger partial charge in [-0.05, 0) is 22.4 Å². The molecule has 0 aliphatic rings. The second-order valence-electron chi connectivity index (χ2n) is 3.39. The molecule has 0 aliphatic heterocycles. The van der Waals surface area contributed by atoms with Gasteiger partial charge in [-0.2, -0.15) is 11.3 Å². The molecule has 1 aromatic rings. The van der Waals surface area contributed by atoms with Crippen molar-refractivity contribution in [1.82, 2.24) is 4.90 Å². The highest BCUT2D eigenvalue weighted by molar-refractivity contribution is 7.80. The van der Waals surface area contributed by atoms with Crippen molar-refractivity contribution in [2.45, 2.75) is 6.04 Å². The first-order valence-corrected chi connectivity index (χ1v) is 6.33. The van der Waals surface area contributed by atoms with Crippen molar-refractivity contribution in [1.29, 1.82) is 0 Å². The molecule has 86 valence electrons. The second-order valence-corrected chi connectivity index (χ2v) is 4.64. The zero-order valence-electron chi connectivity index (χ0n) is 9.13. The molecule has 2 nitrogen and oxygen atoms in total. The van der Waals surface area contributed by atoms with Crippen LogP contribution in [0.5, 0.6) is 0 Å². The zero-order valence-corrected chi connectivity index (χ0v) is 10.8. The molecule has 0 spiro atoms. The maximum atomic E-state index is 5.82. The summed E-state index contributed by atoms with van der Waals surface area (Å²) >= 11 is 6.79. The highest BCUT2D eigenvalue weighted by atomic mass is 32.1. The first kappa shape index (κ1) is 13.1. The maximum absolute atomic E-state index is 5.82. The summed E-state index contributed by atoms with van der Waals surface area (Å²) < 4.78 is 0. The van der Waals surface area contributed by atoms with Gasteiger partial charge in [0.15, 0.2) is 0 Å². The van der Waals surface area contributed by atoms with Crippen LogP contribution < -0.4 is 5.73 Å². The van der Waals surface area contributed by atoms with Gasteiger partial charge in [0.2, 0.25) is 0 Å². The van der Waals surface area contributed by atoms with Crippen LogP contribution in [-0.4, -0.2) is 23.0 Å². The molecule has 0 aromatic carbocycles. The Labute approximate surface area is 106 Å². The number of thiophene rings is 1. The highest BCUT2D eigenvalue weighted by Gasteiger charge is 2.21. The van der Waals surface area contributed by atoms with Crippen LogP contribution in [0.2, 0.25) is 0 Å². The number of hydrogen-bond acceptors (Lipinski definition) is 3. The summed E-state index contributed by atoms with van der Waals surface area (Å²) in [6, 6.07) is 2.02. The monoisotopic (exact) mass is 252 g/mol. The molecule has 1 heterocycles. The lowest BCUT2D eigenvalue weighted by Crippen LogP contribution is -2.36. The number of hydrogen-bond donors (Lipinski definition) is 1. The van der Waals surface area contributed by atoms with Crippen LogP contribution >= 0.6 is 23.6 Å². The van der Waals surface area contributed by atoms with Gasteiger partial charge in [0.25, 0.3) is 0 Å². The van der Waals surface area contributed by atoms with Crippen molar-refractivity contribution in [3.8, 4) is 0 Å². The first-order valence-electron chi connectivity index (χ1n) is 4.98. The Morgan fingerprint density at radius 2 is 2.12 bits per heavy atom. The van der Waals surface area contributed by atoms with Crippen LogP contribution in [0.15, 0.2) is 42.1 Å². The average molecular weight is 252 g/mol. The van der Waals surface area contributed by atoms with Crippen molar-refractivity contribution >= 4 is 28.5 Å². The number of rotatable bonds is 7. The van der Waals surface area contributed by atoms with E-state index in [4.69, 9.17) is 18.0 Å².